The van der Waals surface area contributed by atoms with Gasteiger partial charge in [0.05, 0.1) is 5.69 Å². The van der Waals surface area contributed by atoms with Gasteiger partial charge in [0.2, 0.25) is 0 Å². The van der Waals surface area contributed by atoms with E-state index in [1.54, 1.807) is 6.07 Å². The van der Waals surface area contributed by atoms with Gasteiger partial charge in [-0.15, -0.1) is 0 Å². The van der Waals surface area contributed by atoms with Gasteiger partial charge in [-0.1, -0.05) is 42.5 Å². The fourth-order valence-corrected chi connectivity index (χ4v) is 2.91. The Morgan fingerprint density at radius 2 is 1.63 bits per heavy atom. The fraction of sp³-hybridized carbons (Fsp3) is 0.0625. The molecule has 2 N–H and O–H groups in total. The number of nitrogens with one attached hydrogen (secondary N) is 1. The van der Waals surface area contributed by atoms with Crippen LogP contribution in [0.5, 0.6) is 0 Å². The summed E-state index contributed by atoms with van der Waals surface area (Å²) >= 11 is 0. The third-order valence-corrected chi connectivity index (χ3v) is 3.77. The topological polar surface area (TPSA) is 53.1 Å². The van der Waals surface area contributed by atoms with Crippen molar-refractivity contribution in [2.75, 3.05) is 0 Å². The van der Waals surface area contributed by atoms with Crippen molar-refractivity contribution in [2.45, 2.75) is 6.10 Å². The molecule has 0 aliphatic heterocycles. The molecule has 0 saturated carbocycles. The van der Waals surface area contributed by atoms with Gasteiger partial charge in [-0.2, -0.15) is 0 Å². The summed E-state index contributed by atoms with van der Waals surface area (Å²) in [5, 5.41) is 11.9. The highest BCUT2D eigenvalue weighted by Crippen LogP contribution is 2.44. The van der Waals surface area contributed by atoms with Crippen LogP contribution in [0.4, 0.5) is 0 Å². The first kappa shape index (κ1) is 10.5. The molecule has 3 heteroatoms. The lowest BCUT2D eigenvalue weighted by molar-refractivity contribution is 0.226. The molecule has 1 heterocycles. The average Bonchev–Trinajstić information content (AvgIpc) is 2.73. The molecular formula is C16H11NO2. The van der Waals surface area contributed by atoms with E-state index in [9.17, 15) is 9.90 Å². The van der Waals surface area contributed by atoms with E-state index in [1.165, 1.54) is 0 Å². The van der Waals surface area contributed by atoms with Crippen LogP contribution in [-0.4, -0.2) is 10.1 Å². The Balaban J connectivity index is 2.22. The summed E-state index contributed by atoms with van der Waals surface area (Å²) in [6, 6.07) is 15.0. The second-order valence-electron chi connectivity index (χ2n) is 4.78. The van der Waals surface area contributed by atoms with Crippen LogP contribution in [0.15, 0.2) is 53.3 Å². The molecule has 0 unspecified atom stereocenters. The number of aromatic nitrogens is 1. The highest BCUT2D eigenvalue weighted by molar-refractivity contribution is 5.93. The third kappa shape index (κ3) is 1.28. The van der Waals surface area contributed by atoms with Gasteiger partial charge in [-0.3, -0.25) is 4.79 Å². The molecule has 0 fully saturated rings. The lowest BCUT2D eigenvalue weighted by atomic mass is 10.0. The number of hydrogen-bond acceptors (Lipinski definition) is 2. The molecule has 2 aromatic carbocycles. The zero-order chi connectivity index (χ0) is 13.0. The summed E-state index contributed by atoms with van der Waals surface area (Å²) in [6.45, 7) is 0. The molecule has 1 aliphatic carbocycles. The number of rotatable bonds is 0. The molecule has 3 nitrogen and oxygen atoms in total. The maximum Gasteiger partial charge on any atom is 0.256 e. The van der Waals surface area contributed by atoms with E-state index >= 15 is 0 Å². The number of aliphatic hydroxyl groups is 1. The number of benzene rings is 2. The first-order chi connectivity index (χ1) is 9.27. The number of hydrogen-bond donors (Lipinski definition) is 2. The van der Waals surface area contributed by atoms with Gasteiger partial charge in [-0.25, -0.2) is 0 Å². The van der Waals surface area contributed by atoms with Crippen molar-refractivity contribution in [1.82, 2.24) is 4.98 Å². The lowest BCUT2D eigenvalue weighted by Gasteiger charge is -2.08. The Bertz CT molecular complexity index is 864. The molecule has 0 amide bonds. The maximum absolute atomic E-state index is 12.1. The molecule has 1 atom stereocenters. The number of aliphatic hydroxyl groups excluding tert-OH is 1. The number of fused-ring (bicyclic) bond motifs is 5. The van der Waals surface area contributed by atoms with Crippen LogP contribution in [0, 0.1) is 0 Å². The van der Waals surface area contributed by atoms with Crippen molar-refractivity contribution in [3.05, 3.63) is 70.0 Å². The number of pyridine rings is 1. The summed E-state index contributed by atoms with van der Waals surface area (Å²) in [5.41, 5.74) is 3.19. The van der Waals surface area contributed by atoms with E-state index in [0.29, 0.717) is 5.39 Å². The maximum atomic E-state index is 12.1. The summed E-state index contributed by atoms with van der Waals surface area (Å²) in [5.74, 6) is 0. The predicted molar refractivity (Wildman–Crippen MR) is 74.1 cm³/mol. The Morgan fingerprint density at radius 3 is 2.47 bits per heavy atom. The summed E-state index contributed by atoms with van der Waals surface area (Å²) < 4.78 is 0. The van der Waals surface area contributed by atoms with Crippen LogP contribution in [0.3, 0.4) is 0 Å². The Labute approximate surface area is 109 Å². The summed E-state index contributed by atoms with van der Waals surface area (Å²) in [7, 11) is 0. The fourth-order valence-electron chi connectivity index (χ4n) is 2.91. The first-order valence-electron chi connectivity index (χ1n) is 6.19. The highest BCUT2D eigenvalue weighted by Gasteiger charge is 2.29. The van der Waals surface area contributed by atoms with Crippen LogP contribution >= 0.6 is 0 Å². The van der Waals surface area contributed by atoms with E-state index in [0.717, 1.165) is 27.8 Å². The standard InChI is InChI=1S/C16H11NO2/c18-15-11-7-3-2-6-10(11)14-13(15)9-5-1-4-8-12(9)16(19)17-14/h1-8,15,18H,(H,17,19)/t15-/m0/s1. The third-order valence-electron chi connectivity index (χ3n) is 3.77. The average molecular weight is 249 g/mol. The lowest BCUT2D eigenvalue weighted by Crippen LogP contribution is -2.09. The molecule has 0 radical (unpaired) electrons. The monoisotopic (exact) mass is 249 g/mol. The smallest absolute Gasteiger partial charge is 0.256 e. The van der Waals surface area contributed by atoms with Crippen molar-refractivity contribution >= 4 is 10.8 Å². The zero-order valence-corrected chi connectivity index (χ0v) is 10.1. The van der Waals surface area contributed by atoms with Crippen molar-refractivity contribution in [1.29, 1.82) is 0 Å². The van der Waals surface area contributed by atoms with Crippen LogP contribution in [0.1, 0.15) is 17.2 Å². The van der Waals surface area contributed by atoms with Gasteiger partial charge >= 0.3 is 0 Å². The van der Waals surface area contributed by atoms with Gasteiger partial charge < -0.3 is 10.1 Å². The van der Waals surface area contributed by atoms with Crippen LogP contribution < -0.4 is 5.56 Å². The molecule has 19 heavy (non-hydrogen) atoms. The molecule has 3 aromatic rings. The van der Waals surface area contributed by atoms with E-state index in [1.807, 2.05) is 42.5 Å². The molecule has 0 saturated heterocycles. The van der Waals surface area contributed by atoms with Gasteiger partial charge in [0.15, 0.2) is 0 Å². The Hall–Kier alpha value is -2.39. The Morgan fingerprint density at radius 1 is 0.947 bits per heavy atom. The molecule has 4 rings (SSSR count). The van der Waals surface area contributed by atoms with E-state index in [4.69, 9.17) is 0 Å². The van der Waals surface area contributed by atoms with Crippen LogP contribution in [0.25, 0.3) is 22.0 Å². The minimum Gasteiger partial charge on any atom is -0.384 e. The van der Waals surface area contributed by atoms with Crippen molar-refractivity contribution < 1.29 is 5.11 Å². The quantitative estimate of drug-likeness (QED) is 0.643. The summed E-state index contributed by atoms with van der Waals surface area (Å²) in [4.78, 5) is 15.0. The molecule has 1 aromatic heterocycles. The van der Waals surface area contributed by atoms with Gasteiger partial charge in [-0.05, 0) is 17.0 Å². The second kappa shape index (κ2) is 3.56. The number of H-pyrrole nitrogens is 1. The van der Waals surface area contributed by atoms with E-state index in [-0.39, 0.29) is 5.56 Å². The van der Waals surface area contributed by atoms with Crippen molar-refractivity contribution in [3.63, 3.8) is 0 Å². The van der Waals surface area contributed by atoms with Crippen molar-refractivity contribution in [2.24, 2.45) is 0 Å². The van der Waals surface area contributed by atoms with Gasteiger partial charge in [0.25, 0.3) is 5.56 Å². The minimum atomic E-state index is -0.673. The number of aromatic amines is 1. The van der Waals surface area contributed by atoms with E-state index < -0.39 is 6.10 Å². The largest absolute Gasteiger partial charge is 0.384 e. The van der Waals surface area contributed by atoms with Crippen molar-refractivity contribution in [3.8, 4) is 11.3 Å². The SMILES string of the molecule is O=c1[nH]c2c(c3ccccc13)[C@@H](O)c1ccccc1-2. The van der Waals surface area contributed by atoms with Crippen LogP contribution in [0.2, 0.25) is 0 Å². The molecular weight excluding hydrogens is 238 g/mol. The molecule has 0 bridgehead atoms. The second-order valence-corrected chi connectivity index (χ2v) is 4.78. The minimum absolute atomic E-state index is 0.113. The summed E-state index contributed by atoms with van der Waals surface area (Å²) in [6.07, 6.45) is -0.673. The zero-order valence-electron chi connectivity index (χ0n) is 10.1. The van der Waals surface area contributed by atoms with E-state index in [2.05, 4.69) is 4.98 Å². The normalized spacial score (nSPS) is 16.4. The first-order valence-corrected chi connectivity index (χ1v) is 6.19. The van der Waals surface area contributed by atoms with Gasteiger partial charge in [0, 0.05) is 16.5 Å². The molecule has 1 aliphatic rings. The van der Waals surface area contributed by atoms with Crippen LogP contribution in [-0.2, 0) is 0 Å². The highest BCUT2D eigenvalue weighted by atomic mass is 16.3. The molecule has 92 valence electrons. The molecule has 0 spiro atoms. The van der Waals surface area contributed by atoms with Gasteiger partial charge in [0.1, 0.15) is 6.10 Å². The predicted octanol–water partition coefficient (Wildman–Crippen LogP) is 2.59. The Kier molecular flexibility index (Phi) is 1.97.